The zero-order valence-electron chi connectivity index (χ0n) is 10.0. The number of hydrogen-bond donors (Lipinski definition) is 1. The van der Waals surface area contributed by atoms with E-state index in [0.29, 0.717) is 23.6 Å². The molecule has 1 atom stereocenters. The van der Waals surface area contributed by atoms with Gasteiger partial charge in [-0.1, -0.05) is 13.8 Å². The lowest BCUT2D eigenvalue weighted by atomic mass is 9.91. The van der Waals surface area contributed by atoms with Gasteiger partial charge in [0.2, 0.25) is 0 Å². The monoisotopic (exact) mass is 261 g/mol. The lowest BCUT2D eigenvalue weighted by Gasteiger charge is -2.21. The van der Waals surface area contributed by atoms with Crippen molar-refractivity contribution >= 4 is 10.8 Å². The minimum atomic E-state index is -1.31. The van der Waals surface area contributed by atoms with Gasteiger partial charge in [0.1, 0.15) is 0 Å². The summed E-state index contributed by atoms with van der Waals surface area (Å²) in [5.41, 5.74) is 5.48. The number of hydrogen-bond acceptors (Lipinski definition) is 2. The highest BCUT2D eigenvalue weighted by molar-refractivity contribution is 7.85. The minimum absolute atomic E-state index is 0.0891. The van der Waals surface area contributed by atoms with Crippen molar-refractivity contribution in [1.82, 2.24) is 0 Å². The molecule has 0 saturated carbocycles. The molecule has 5 heteroatoms. The highest BCUT2D eigenvalue weighted by Crippen LogP contribution is 2.20. The first kappa shape index (κ1) is 14.3. The number of nitrogens with two attached hydrogens (primary N) is 1. The molecule has 0 saturated heterocycles. The molecule has 0 spiro atoms. The maximum Gasteiger partial charge on any atom is 0.160 e. The second-order valence-electron chi connectivity index (χ2n) is 4.74. The Labute approximate surface area is 103 Å². The number of benzene rings is 1. The first-order valence-electron chi connectivity index (χ1n) is 5.39. The van der Waals surface area contributed by atoms with Gasteiger partial charge in [-0.05, 0) is 36.6 Å². The van der Waals surface area contributed by atoms with Gasteiger partial charge >= 0.3 is 0 Å². The Bertz CT molecular complexity index is 421. The van der Waals surface area contributed by atoms with Crippen molar-refractivity contribution in [2.45, 2.75) is 25.2 Å². The van der Waals surface area contributed by atoms with E-state index in [2.05, 4.69) is 0 Å². The van der Waals surface area contributed by atoms with E-state index >= 15 is 0 Å². The minimum Gasteiger partial charge on any atom is -0.330 e. The molecule has 0 bridgehead atoms. The summed E-state index contributed by atoms with van der Waals surface area (Å²) in [6.45, 7) is 4.47. The van der Waals surface area contributed by atoms with Crippen LogP contribution in [0.4, 0.5) is 8.78 Å². The van der Waals surface area contributed by atoms with Crippen molar-refractivity contribution < 1.29 is 13.0 Å². The van der Waals surface area contributed by atoms with Gasteiger partial charge < -0.3 is 5.73 Å². The van der Waals surface area contributed by atoms with Crippen LogP contribution < -0.4 is 5.73 Å². The molecule has 1 aromatic rings. The smallest absolute Gasteiger partial charge is 0.160 e. The fourth-order valence-corrected chi connectivity index (χ4v) is 2.64. The van der Waals surface area contributed by atoms with E-state index in [9.17, 15) is 13.0 Å². The largest absolute Gasteiger partial charge is 0.330 e. The first-order chi connectivity index (χ1) is 7.85. The zero-order valence-corrected chi connectivity index (χ0v) is 10.8. The third-order valence-corrected chi connectivity index (χ3v) is 4.03. The number of halogens is 2. The van der Waals surface area contributed by atoms with Crippen LogP contribution in [0.5, 0.6) is 0 Å². The van der Waals surface area contributed by atoms with Gasteiger partial charge in [-0.2, -0.15) is 0 Å². The molecule has 0 aromatic heterocycles. The third kappa shape index (κ3) is 4.16. The SMILES string of the molecule is CC(C)(CN)CCS(=O)c1ccc(F)c(F)c1. The molecule has 0 radical (unpaired) electrons. The standard InChI is InChI=1S/C12H17F2NOS/c1-12(2,8-15)5-6-17(16)9-3-4-10(13)11(14)7-9/h3-4,7H,5-6,8,15H2,1-2H3. The molecule has 0 aliphatic carbocycles. The molecule has 0 heterocycles. The summed E-state index contributed by atoms with van der Waals surface area (Å²) < 4.78 is 37.5. The molecule has 2 N–H and O–H groups in total. The normalized spacial score (nSPS) is 13.7. The summed E-state index contributed by atoms with van der Waals surface area (Å²) in [7, 11) is -1.31. The van der Waals surface area contributed by atoms with E-state index in [1.165, 1.54) is 6.07 Å². The summed E-state index contributed by atoms with van der Waals surface area (Å²) in [6.07, 6.45) is 0.676. The van der Waals surface area contributed by atoms with Crippen LogP contribution in [0.1, 0.15) is 20.3 Å². The summed E-state index contributed by atoms with van der Waals surface area (Å²) >= 11 is 0. The second-order valence-corrected chi connectivity index (χ2v) is 6.31. The number of rotatable bonds is 5. The van der Waals surface area contributed by atoms with Crippen molar-refractivity contribution in [3.8, 4) is 0 Å². The fraction of sp³-hybridized carbons (Fsp3) is 0.500. The van der Waals surface area contributed by atoms with E-state index in [1.54, 1.807) is 0 Å². The van der Waals surface area contributed by atoms with Crippen LogP contribution in [0, 0.1) is 17.0 Å². The van der Waals surface area contributed by atoms with Crippen molar-refractivity contribution in [3.05, 3.63) is 29.8 Å². The topological polar surface area (TPSA) is 43.1 Å². The van der Waals surface area contributed by atoms with Crippen molar-refractivity contribution in [3.63, 3.8) is 0 Å². The van der Waals surface area contributed by atoms with E-state index in [-0.39, 0.29) is 5.41 Å². The van der Waals surface area contributed by atoms with Crippen LogP contribution in [0.3, 0.4) is 0 Å². The highest BCUT2D eigenvalue weighted by Gasteiger charge is 2.17. The summed E-state index contributed by atoms with van der Waals surface area (Å²) in [5, 5.41) is 0. The van der Waals surface area contributed by atoms with E-state index in [4.69, 9.17) is 5.73 Å². The lowest BCUT2D eigenvalue weighted by molar-refractivity contribution is 0.367. The molecule has 0 aliphatic heterocycles. The molecule has 96 valence electrons. The Morgan fingerprint density at radius 2 is 1.94 bits per heavy atom. The average Bonchev–Trinajstić information content (AvgIpc) is 2.30. The van der Waals surface area contributed by atoms with Gasteiger partial charge in [-0.3, -0.25) is 4.21 Å². The zero-order chi connectivity index (χ0) is 13.1. The van der Waals surface area contributed by atoms with Crippen LogP contribution in [0.2, 0.25) is 0 Å². The summed E-state index contributed by atoms with van der Waals surface area (Å²) in [5.74, 6) is -1.49. The van der Waals surface area contributed by atoms with Crippen LogP contribution in [0.25, 0.3) is 0 Å². The molecular weight excluding hydrogens is 244 g/mol. The van der Waals surface area contributed by atoms with Gasteiger partial charge in [-0.15, -0.1) is 0 Å². The van der Waals surface area contributed by atoms with Gasteiger partial charge in [0.05, 0.1) is 10.8 Å². The predicted molar refractivity (Wildman–Crippen MR) is 65.1 cm³/mol. The Morgan fingerprint density at radius 3 is 2.47 bits per heavy atom. The fourth-order valence-electron chi connectivity index (χ4n) is 1.21. The van der Waals surface area contributed by atoms with E-state index in [1.807, 2.05) is 13.8 Å². The maximum absolute atomic E-state index is 13.0. The Hall–Kier alpha value is -0.810. The Balaban J connectivity index is 2.68. The molecule has 1 rings (SSSR count). The van der Waals surface area contributed by atoms with Crippen LogP contribution in [-0.4, -0.2) is 16.5 Å². The van der Waals surface area contributed by atoms with Gasteiger partial charge in [0.25, 0.3) is 0 Å². The Kier molecular flexibility index (Phi) is 4.77. The molecule has 0 fully saturated rings. The predicted octanol–water partition coefficient (Wildman–Crippen LogP) is 2.45. The highest BCUT2D eigenvalue weighted by atomic mass is 32.2. The first-order valence-corrected chi connectivity index (χ1v) is 6.71. The van der Waals surface area contributed by atoms with Crippen molar-refractivity contribution in [1.29, 1.82) is 0 Å². The summed E-state index contributed by atoms with van der Waals surface area (Å²) in [4.78, 5) is 0.316. The summed E-state index contributed by atoms with van der Waals surface area (Å²) in [6, 6.07) is 3.33. The maximum atomic E-state index is 13.0. The second kappa shape index (κ2) is 5.69. The van der Waals surface area contributed by atoms with Gasteiger partial charge in [0, 0.05) is 10.6 Å². The van der Waals surface area contributed by atoms with Crippen LogP contribution >= 0.6 is 0 Å². The molecule has 0 amide bonds. The molecule has 2 nitrogen and oxygen atoms in total. The molecule has 1 unspecified atom stereocenters. The van der Waals surface area contributed by atoms with Gasteiger partial charge in [-0.25, -0.2) is 8.78 Å². The van der Waals surface area contributed by atoms with E-state index < -0.39 is 22.4 Å². The van der Waals surface area contributed by atoms with Crippen LogP contribution in [-0.2, 0) is 10.8 Å². The molecule has 17 heavy (non-hydrogen) atoms. The molecular formula is C12H17F2NOS. The molecule has 1 aromatic carbocycles. The van der Waals surface area contributed by atoms with Crippen molar-refractivity contribution in [2.24, 2.45) is 11.1 Å². The Morgan fingerprint density at radius 1 is 1.29 bits per heavy atom. The lowest BCUT2D eigenvalue weighted by Crippen LogP contribution is -2.25. The average molecular weight is 261 g/mol. The third-order valence-electron chi connectivity index (χ3n) is 2.67. The van der Waals surface area contributed by atoms with Crippen molar-refractivity contribution in [2.75, 3.05) is 12.3 Å². The van der Waals surface area contributed by atoms with Gasteiger partial charge in [0.15, 0.2) is 11.6 Å². The van der Waals surface area contributed by atoms with E-state index in [0.717, 1.165) is 12.1 Å². The van der Waals surface area contributed by atoms with Crippen LogP contribution in [0.15, 0.2) is 23.1 Å². The molecule has 0 aliphatic rings. The quantitative estimate of drug-likeness (QED) is 0.884.